The van der Waals surface area contributed by atoms with Crippen molar-refractivity contribution in [3.05, 3.63) is 17.7 Å². The van der Waals surface area contributed by atoms with Crippen LogP contribution in [0.2, 0.25) is 0 Å². The molecule has 2 rings (SSSR count). The van der Waals surface area contributed by atoms with Gasteiger partial charge in [-0.1, -0.05) is 0 Å². The molecule has 24 heavy (non-hydrogen) atoms. The van der Waals surface area contributed by atoms with Crippen LogP contribution in [0.4, 0.5) is 0 Å². The van der Waals surface area contributed by atoms with Crippen LogP contribution in [-0.4, -0.2) is 71.4 Å². The molecule has 1 heterocycles. The van der Waals surface area contributed by atoms with E-state index in [0.29, 0.717) is 23.8 Å². The van der Waals surface area contributed by atoms with E-state index in [0.717, 1.165) is 38.3 Å². The third kappa shape index (κ3) is 5.01. The van der Waals surface area contributed by atoms with Gasteiger partial charge in [0.25, 0.3) is 0 Å². The van der Waals surface area contributed by atoms with E-state index in [1.807, 2.05) is 0 Å². The van der Waals surface area contributed by atoms with E-state index >= 15 is 0 Å². The molecular weight excluding hydrogens is 310 g/mol. The standard InChI is InChI=1S/C17H27N3O4/c1-22-14-10-13(11-15(23-2)17(14)24-3)12-16(21)19-6-9-20-7-4-18-5-8-20/h10-11,18H,4-9,12H2,1-3H3,(H,19,21). The number of nitrogens with zero attached hydrogens (tertiary/aromatic N) is 1. The lowest BCUT2D eigenvalue weighted by molar-refractivity contribution is -0.120. The second-order valence-corrected chi connectivity index (χ2v) is 5.65. The molecular formula is C17H27N3O4. The number of ether oxygens (including phenoxy) is 3. The first-order chi connectivity index (χ1) is 11.7. The number of hydrogen-bond donors (Lipinski definition) is 2. The van der Waals surface area contributed by atoms with Crippen LogP contribution in [0, 0.1) is 0 Å². The summed E-state index contributed by atoms with van der Waals surface area (Å²) in [5.74, 6) is 1.63. The summed E-state index contributed by atoms with van der Waals surface area (Å²) in [5, 5.41) is 6.28. The molecule has 1 aliphatic heterocycles. The highest BCUT2D eigenvalue weighted by molar-refractivity contribution is 5.79. The molecule has 7 heteroatoms. The van der Waals surface area contributed by atoms with Crippen molar-refractivity contribution in [2.75, 3.05) is 60.6 Å². The monoisotopic (exact) mass is 337 g/mol. The molecule has 7 nitrogen and oxygen atoms in total. The number of benzene rings is 1. The molecule has 0 aliphatic carbocycles. The first-order valence-electron chi connectivity index (χ1n) is 8.16. The lowest BCUT2D eigenvalue weighted by atomic mass is 10.1. The zero-order chi connectivity index (χ0) is 17.4. The van der Waals surface area contributed by atoms with Crippen molar-refractivity contribution in [3.8, 4) is 17.2 Å². The van der Waals surface area contributed by atoms with Gasteiger partial charge in [-0.3, -0.25) is 9.69 Å². The number of carbonyl (C=O) groups excluding carboxylic acids is 1. The molecule has 1 aliphatic rings. The number of amides is 1. The molecule has 0 atom stereocenters. The molecule has 0 bridgehead atoms. The minimum atomic E-state index is -0.0144. The fourth-order valence-corrected chi connectivity index (χ4v) is 2.77. The predicted molar refractivity (Wildman–Crippen MR) is 92.1 cm³/mol. The Labute approximate surface area is 143 Å². The van der Waals surface area contributed by atoms with Crippen LogP contribution >= 0.6 is 0 Å². The van der Waals surface area contributed by atoms with Crippen LogP contribution in [-0.2, 0) is 11.2 Å². The average Bonchev–Trinajstić information content (AvgIpc) is 2.61. The highest BCUT2D eigenvalue weighted by Crippen LogP contribution is 2.38. The summed E-state index contributed by atoms with van der Waals surface area (Å²) >= 11 is 0. The number of hydrogen-bond acceptors (Lipinski definition) is 6. The number of rotatable bonds is 8. The summed E-state index contributed by atoms with van der Waals surface area (Å²) in [6.45, 7) is 5.62. The Morgan fingerprint density at radius 3 is 2.29 bits per heavy atom. The Balaban J connectivity index is 1.88. The second-order valence-electron chi connectivity index (χ2n) is 5.65. The SMILES string of the molecule is COc1cc(CC(=O)NCCN2CCNCC2)cc(OC)c1OC. The van der Waals surface area contributed by atoms with Gasteiger partial charge in [-0.15, -0.1) is 0 Å². The maximum Gasteiger partial charge on any atom is 0.224 e. The van der Waals surface area contributed by atoms with Crippen molar-refractivity contribution in [2.45, 2.75) is 6.42 Å². The van der Waals surface area contributed by atoms with Crippen LogP contribution in [0.25, 0.3) is 0 Å². The van der Waals surface area contributed by atoms with E-state index in [1.165, 1.54) is 0 Å². The van der Waals surface area contributed by atoms with Crippen LogP contribution in [0.15, 0.2) is 12.1 Å². The van der Waals surface area contributed by atoms with E-state index < -0.39 is 0 Å². The van der Waals surface area contributed by atoms with E-state index in [1.54, 1.807) is 33.5 Å². The molecule has 0 spiro atoms. The summed E-state index contributed by atoms with van der Waals surface area (Å²) in [6, 6.07) is 3.61. The van der Waals surface area contributed by atoms with Crippen LogP contribution in [0.5, 0.6) is 17.2 Å². The normalized spacial score (nSPS) is 15.0. The minimum Gasteiger partial charge on any atom is -0.493 e. The van der Waals surface area contributed by atoms with Crippen molar-refractivity contribution in [1.29, 1.82) is 0 Å². The lowest BCUT2D eigenvalue weighted by Crippen LogP contribution is -2.46. The number of carbonyl (C=O) groups is 1. The first kappa shape index (κ1) is 18.4. The largest absolute Gasteiger partial charge is 0.493 e. The molecule has 1 amide bonds. The van der Waals surface area contributed by atoms with Crippen LogP contribution in [0.3, 0.4) is 0 Å². The van der Waals surface area contributed by atoms with Gasteiger partial charge in [0.1, 0.15) is 0 Å². The summed E-state index contributed by atoms with van der Waals surface area (Å²) in [6.07, 6.45) is 0.276. The molecule has 0 aromatic heterocycles. The third-order valence-electron chi connectivity index (χ3n) is 4.05. The average molecular weight is 337 g/mol. The van der Waals surface area contributed by atoms with Crippen molar-refractivity contribution in [1.82, 2.24) is 15.5 Å². The Hall–Kier alpha value is -1.99. The van der Waals surface area contributed by atoms with Gasteiger partial charge in [-0.2, -0.15) is 0 Å². The van der Waals surface area contributed by atoms with Gasteiger partial charge in [-0.05, 0) is 17.7 Å². The van der Waals surface area contributed by atoms with Crippen molar-refractivity contribution >= 4 is 5.91 Å². The van der Waals surface area contributed by atoms with Gasteiger partial charge in [0, 0.05) is 39.3 Å². The molecule has 1 saturated heterocycles. The highest BCUT2D eigenvalue weighted by Gasteiger charge is 2.15. The summed E-state index contributed by atoms with van der Waals surface area (Å²) < 4.78 is 15.9. The van der Waals surface area contributed by atoms with Crippen molar-refractivity contribution in [3.63, 3.8) is 0 Å². The van der Waals surface area contributed by atoms with E-state index in [-0.39, 0.29) is 12.3 Å². The lowest BCUT2D eigenvalue weighted by Gasteiger charge is -2.27. The topological polar surface area (TPSA) is 72.1 Å². The molecule has 0 saturated carbocycles. The molecule has 134 valence electrons. The zero-order valence-corrected chi connectivity index (χ0v) is 14.7. The van der Waals surface area contributed by atoms with E-state index in [9.17, 15) is 4.79 Å². The van der Waals surface area contributed by atoms with Gasteiger partial charge in [0.05, 0.1) is 27.8 Å². The molecule has 0 radical (unpaired) electrons. The maximum atomic E-state index is 12.2. The number of nitrogens with one attached hydrogen (secondary N) is 2. The van der Waals surface area contributed by atoms with Gasteiger partial charge in [0.2, 0.25) is 11.7 Å². The molecule has 1 aromatic carbocycles. The Morgan fingerprint density at radius 2 is 1.75 bits per heavy atom. The second kappa shape index (κ2) is 9.34. The summed E-state index contributed by atoms with van der Waals surface area (Å²) in [5.41, 5.74) is 0.823. The minimum absolute atomic E-state index is 0.0144. The fraction of sp³-hybridized carbons (Fsp3) is 0.588. The first-order valence-corrected chi connectivity index (χ1v) is 8.16. The predicted octanol–water partition coefficient (Wildman–Crippen LogP) is 0.276. The zero-order valence-electron chi connectivity index (χ0n) is 14.7. The van der Waals surface area contributed by atoms with Crippen molar-refractivity contribution in [2.24, 2.45) is 0 Å². The Morgan fingerprint density at radius 1 is 1.12 bits per heavy atom. The molecule has 1 aromatic rings. The smallest absolute Gasteiger partial charge is 0.224 e. The Kier molecular flexibility index (Phi) is 7.14. The fourth-order valence-electron chi connectivity index (χ4n) is 2.77. The van der Waals surface area contributed by atoms with Crippen LogP contribution < -0.4 is 24.8 Å². The molecule has 0 unspecified atom stereocenters. The van der Waals surface area contributed by atoms with E-state index in [4.69, 9.17) is 14.2 Å². The quantitative estimate of drug-likeness (QED) is 0.710. The molecule has 2 N–H and O–H groups in total. The maximum absolute atomic E-state index is 12.2. The molecule has 1 fully saturated rings. The van der Waals surface area contributed by atoms with Gasteiger partial charge in [0.15, 0.2) is 11.5 Å². The van der Waals surface area contributed by atoms with E-state index in [2.05, 4.69) is 15.5 Å². The number of piperazine rings is 1. The summed E-state index contributed by atoms with van der Waals surface area (Å²) in [7, 11) is 4.69. The van der Waals surface area contributed by atoms with Gasteiger partial charge in [-0.25, -0.2) is 0 Å². The van der Waals surface area contributed by atoms with Gasteiger partial charge < -0.3 is 24.8 Å². The third-order valence-corrected chi connectivity index (χ3v) is 4.05. The number of methoxy groups -OCH3 is 3. The van der Waals surface area contributed by atoms with Crippen LogP contribution in [0.1, 0.15) is 5.56 Å². The van der Waals surface area contributed by atoms with Gasteiger partial charge >= 0.3 is 0 Å². The van der Waals surface area contributed by atoms with Crippen molar-refractivity contribution < 1.29 is 19.0 Å². The summed E-state index contributed by atoms with van der Waals surface area (Å²) in [4.78, 5) is 14.5. The highest BCUT2D eigenvalue weighted by atomic mass is 16.5. The Bertz CT molecular complexity index is 520.